The first-order chi connectivity index (χ1) is 18.1. The smallest absolute Gasteiger partial charge is 0.259 e. The Morgan fingerprint density at radius 3 is 2.18 bits per heavy atom. The number of aryl methyl sites for hydroxylation is 2. The first kappa shape index (κ1) is 31.9. The highest BCUT2D eigenvalue weighted by molar-refractivity contribution is 5.94. The highest BCUT2D eigenvalue weighted by atomic mass is 35.5. The summed E-state index contributed by atoms with van der Waals surface area (Å²) in [5, 5.41) is 0. The van der Waals surface area contributed by atoms with Gasteiger partial charge in [0.05, 0.1) is 29.9 Å². The summed E-state index contributed by atoms with van der Waals surface area (Å²) in [4.78, 5) is 46.7. The highest BCUT2D eigenvalue weighted by Gasteiger charge is 2.34. The van der Waals surface area contributed by atoms with Crippen LogP contribution in [0.4, 0.5) is 0 Å². The number of benzene rings is 2. The van der Waals surface area contributed by atoms with E-state index in [4.69, 9.17) is 16.5 Å². The van der Waals surface area contributed by atoms with Crippen LogP contribution in [0.15, 0.2) is 59.4 Å². The maximum absolute atomic E-state index is 14.0. The molecule has 0 saturated carbocycles. The van der Waals surface area contributed by atoms with Crippen molar-refractivity contribution in [3.05, 3.63) is 98.7 Å². The molecule has 3 aromatic rings. The van der Waals surface area contributed by atoms with Gasteiger partial charge in [0.15, 0.2) is 5.78 Å². The van der Waals surface area contributed by atoms with Crippen molar-refractivity contribution in [2.45, 2.75) is 59.7 Å². The second-order valence-corrected chi connectivity index (χ2v) is 10.1. The van der Waals surface area contributed by atoms with Gasteiger partial charge < -0.3 is 16.4 Å². The van der Waals surface area contributed by atoms with Gasteiger partial charge in [-0.1, -0.05) is 61.9 Å². The van der Waals surface area contributed by atoms with Crippen LogP contribution in [0.1, 0.15) is 77.8 Å². The number of aromatic nitrogens is 2. The standard InChI is InChI=1S/C30H39N5O3.ClH/c1-19(2)27(34(17-9-16-31)29(37)24-14-12-20(3)13-15-24)28-33-21(4)25(26(32)22(5)36)30(38)35(28)18-23-10-7-6-8-11-23;/h6-8,10-15,19,26-27H,9,16-18,31-32H2,1-5H3;1H. The average molecular weight is 554 g/mol. The zero-order valence-corrected chi connectivity index (χ0v) is 24.2. The van der Waals surface area contributed by atoms with Crippen LogP contribution in [-0.2, 0) is 11.3 Å². The molecule has 0 saturated heterocycles. The Kier molecular flexibility index (Phi) is 11.6. The minimum absolute atomic E-state index is 0. The number of Topliss-reactive ketones (excluding diaryl/α,β-unsaturated/α-hetero) is 1. The number of rotatable bonds is 11. The number of nitrogens with two attached hydrogens (primary N) is 2. The molecule has 0 fully saturated rings. The van der Waals surface area contributed by atoms with Crippen molar-refractivity contribution in [2.75, 3.05) is 13.1 Å². The lowest BCUT2D eigenvalue weighted by molar-refractivity contribution is -0.118. The fourth-order valence-corrected chi connectivity index (χ4v) is 4.69. The normalized spacial score (nSPS) is 12.5. The van der Waals surface area contributed by atoms with Gasteiger partial charge in [0.2, 0.25) is 0 Å². The summed E-state index contributed by atoms with van der Waals surface area (Å²) in [6, 6.07) is 15.4. The van der Waals surface area contributed by atoms with Crippen LogP contribution in [0.2, 0.25) is 0 Å². The second-order valence-electron chi connectivity index (χ2n) is 10.1. The second kappa shape index (κ2) is 14.2. The lowest BCUT2D eigenvalue weighted by atomic mass is 9.97. The van der Waals surface area contributed by atoms with E-state index >= 15 is 0 Å². The fraction of sp³-hybridized carbons (Fsp3) is 0.400. The minimum atomic E-state index is -1.08. The molecule has 0 aliphatic rings. The summed E-state index contributed by atoms with van der Waals surface area (Å²) in [6.07, 6.45) is 0.593. The van der Waals surface area contributed by atoms with Gasteiger partial charge in [-0.25, -0.2) is 4.98 Å². The van der Waals surface area contributed by atoms with Crippen LogP contribution < -0.4 is 17.0 Å². The molecule has 1 heterocycles. The van der Waals surface area contributed by atoms with Crippen LogP contribution in [0.3, 0.4) is 0 Å². The van der Waals surface area contributed by atoms with Crippen molar-refractivity contribution in [3.8, 4) is 0 Å². The van der Waals surface area contributed by atoms with E-state index in [-0.39, 0.29) is 47.7 Å². The van der Waals surface area contributed by atoms with Gasteiger partial charge in [-0.3, -0.25) is 19.0 Å². The molecule has 0 spiro atoms. The van der Waals surface area contributed by atoms with E-state index in [1.54, 1.807) is 16.4 Å². The van der Waals surface area contributed by atoms with Crippen molar-refractivity contribution >= 4 is 24.1 Å². The summed E-state index contributed by atoms with van der Waals surface area (Å²) >= 11 is 0. The lowest BCUT2D eigenvalue weighted by Gasteiger charge is -2.36. The van der Waals surface area contributed by atoms with E-state index in [1.807, 2.05) is 75.4 Å². The fourth-order valence-electron chi connectivity index (χ4n) is 4.69. The van der Waals surface area contributed by atoms with E-state index in [0.29, 0.717) is 36.6 Å². The number of carbonyl (C=O) groups is 2. The van der Waals surface area contributed by atoms with E-state index in [2.05, 4.69) is 0 Å². The lowest BCUT2D eigenvalue weighted by Crippen LogP contribution is -2.44. The summed E-state index contributed by atoms with van der Waals surface area (Å²) in [7, 11) is 0. The van der Waals surface area contributed by atoms with Crippen molar-refractivity contribution in [1.82, 2.24) is 14.5 Å². The summed E-state index contributed by atoms with van der Waals surface area (Å²) < 4.78 is 1.57. The van der Waals surface area contributed by atoms with Gasteiger partial charge in [0, 0.05) is 12.1 Å². The maximum Gasteiger partial charge on any atom is 0.259 e. The Labute approximate surface area is 236 Å². The van der Waals surface area contributed by atoms with Gasteiger partial charge in [-0.05, 0) is 57.4 Å². The summed E-state index contributed by atoms with van der Waals surface area (Å²) in [5.41, 5.74) is 14.7. The van der Waals surface area contributed by atoms with Gasteiger partial charge >= 0.3 is 0 Å². The van der Waals surface area contributed by atoms with E-state index in [9.17, 15) is 14.4 Å². The quantitative estimate of drug-likeness (QED) is 0.368. The summed E-state index contributed by atoms with van der Waals surface area (Å²) in [5.74, 6) is -0.0865. The Morgan fingerprint density at radius 2 is 1.64 bits per heavy atom. The van der Waals surface area contributed by atoms with Crippen LogP contribution in [0.25, 0.3) is 0 Å². The summed E-state index contributed by atoms with van der Waals surface area (Å²) in [6.45, 7) is 10.1. The van der Waals surface area contributed by atoms with Crippen LogP contribution in [-0.4, -0.2) is 39.2 Å². The van der Waals surface area contributed by atoms with Gasteiger partial charge in [-0.2, -0.15) is 0 Å². The first-order valence-electron chi connectivity index (χ1n) is 13.1. The third kappa shape index (κ3) is 7.41. The first-order valence-corrected chi connectivity index (χ1v) is 13.1. The Bertz CT molecular complexity index is 1320. The molecule has 0 radical (unpaired) electrons. The zero-order valence-electron chi connectivity index (χ0n) is 23.4. The van der Waals surface area contributed by atoms with Crippen LogP contribution in [0, 0.1) is 19.8 Å². The molecule has 0 aliphatic heterocycles. The van der Waals surface area contributed by atoms with Gasteiger partial charge in [0.1, 0.15) is 5.82 Å². The minimum Gasteiger partial charge on any atom is -0.330 e. The van der Waals surface area contributed by atoms with E-state index in [1.165, 1.54) is 6.92 Å². The molecule has 4 N–H and O–H groups in total. The molecular weight excluding hydrogens is 514 g/mol. The Hall–Kier alpha value is -3.33. The molecule has 9 heteroatoms. The predicted molar refractivity (Wildman–Crippen MR) is 157 cm³/mol. The highest BCUT2D eigenvalue weighted by Crippen LogP contribution is 2.30. The molecule has 39 heavy (non-hydrogen) atoms. The number of hydrogen-bond donors (Lipinski definition) is 2. The number of carbonyl (C=O) groups excluding carboxylic acids is 2. The average Bonchev–Trinajstić information content (AvgIpc) is 2.88. The number of nitrogens with zero attached hydrogens (tertiary/aromatic N) is 3. The Morgan fingerprint density at radius 1 is 1.03 bits per heavy atom. The van der Waals surface area contributed by atoms with Crippen molar-refractivity contribution in [3.63, 3.8) is 0 Å². The third-order valence-electron chi connectivity index (χ3n) is 6.75. The van der Waals surface area contributed by atoms with Gasteiger partial charge in [-0.15, -0.1) is 12.4 Å². The molecular formula is C30H40ClN5O3. The molecule has 8 nitrogen and oxygen atoms in total. The molecule has 210 valence electrons. The van der Waals surface area contributed by atoms with Crippen molar-refractivity contribution in [2.24, 2.45) is 17.4 Å². The third-order valence-corrected chi connectivity index (χ3v) is 6.75. The predicted octanol–water partition coefficient (Wildman–Crippen LogP) is 4.11. The van der Waals surface area contributed by atoms with Crippen molar-refractivity contribution in [1.29, 1.82) is 0 Å². The molecule has 0 bridgehead atoms. The molecule has 2 atom stereocenters. The molecule has 3 rings (SSSR count). The SMILES string of the molecule is CC(=O)C(N)c1c(C)nc(C(C(C)C)N(CCCN)C(=O)c2ccc(C)cc2)n(Cc2ccccc2)c1=O.Cl. The van der Waals surface area contributed by atoms with Gasteiger partial charge in [0.25, 0.3) is 11.5 Å². The molecule has 1 amide bonds. The molecule has 2 aromatic carbocycles. The molecule has 0 aliphatic carbocycles. The van der Waals surface area contributed by atoms with E-state index in [0.717, 1.165) is 11.1 Å². The topological polar surface area (TPSA) is 124 Å². The Balaban J connectivity index is 0.00000533. The zero-order chi connectivity index (χ0) is 28.0. The van der Waals surface area contributed by atoms with E-state index < -0.39 is 12.1 Å². The van der Waals surface area contributed by atoms with Crippen LogP contribution >= 0.6 is 12.4 Å². The van der Waals surface area contributed by atoms with Crippen LogP contribution in [0.5, 0.6) is 0 Å². The maximum atomic E-state index is 14.0. The largest absolute Gasteiger partial charge is 0.330 e. The number of hydrogen-bond acceptors (Lipinski definition) is 6. The number of halogens is 1. The number of amides is 1. The molecule has 2 unspecified atom stereocenters. The van der Waals surface area contributed by atoms with Crippen molar-refractivity contribution < 1.29 is 9.59 Å². The number of ketones is 1. The molecule has 1 aromatic heterocycles. The monoisotopic (exact) mass is 553 g/mol.